The van der Waals surface area contributed by atoms with Gasteiger partial charge in [-0.2, -0.15) is 18.4 Å². The second-order valence-electron chi connectivity index (χ2n) is 8.81. The lowest BCUT2D eigenvalue weighted by atomic mass is 9.75. The van der Waals surface area contributed by atoms with Crippen molar-refractivity contribution in [3.8, 4) is 6.07 Å². The predicted octanol–water partition coefficient (Wildman–Crippen LogP) is 4.21. The molecular weight excluding hydrogens is 443 g/mol. The van der Waals surface area contributed by atoms with Crippen molar-refractivity contribution in [1.29, 1.82) is 5.26 Å². The average molecular weight is 470 g/mol. The second kappa shape index (κ2) is 8.78. The molecule has 1 saturated heterocycles. The van der Waals surface area contributed by atoms with E-state index >= 15 is 0 Å². The first-order valence-corrected chi connectivity index (χ1v) is 11.0. The topological polar surface area (TPSA) is 76.6 Å². The van der Waals surface area contributed by atoms with E-state index in [-0.39, 0.29) is 11.6 Å². The number of halogens is 3. The Morgan fingerprint density at radius 1 is 1.18 bits per heavy atom. The third-order valence-electron chi connectivity index (χ3n) is 6.57. The molecule has 178 valence electrons. The molecule has 9 heteroatoms. The van der Waals surface area contributed by atoms with Crippen molar-refractivity contribution < 1.29 is 18.0 Å². The summed E-state index contributed by atoms with van der Waals surface area (Å²) in [6, 6.07) is 12.7. The minimum absolute atomic E-state index is 0.0510. The molecule has 2 aliphatic rings. The van der Waals surface area contributed by atoms with Gasteiger partial charge in [-0.25, -0.2) is 0 Å². The summed E-state index contributed by atoms with van der Waals surface area (Å²) in [5.41, 5.74) is 5.08. The summed E-state index contributed by atoms with van der Waals surface area (Å²) in [6.07, 6.45) is -2.70. The molecule has 0 unspecified atom stereocenters. The van der Waals surface area contributed by atoms with Gasteiger partial charge in [0, 0.05) is 25.3 Å². The zero-order chi connectivity index (χ0) is 24.7. The Bertz CT molecular complexity index is 1150. The summed E-state index contributed by atoms with van der Waals surface area (Å²) in [4.78, 5) is 18.8. The Morgan fingerprint density at radius 2 is 1.82 bits per heavy atom. The van der Waals surface area contributed by atoms with E-state index in [1.165, 1.54) is 11.0 Å². The molecule has 2 aromatic carbocycles. The van der Waals surface area contributed by atoms with E-state index in [4.69, 9.17) is 11.0 Å². The van der Waals surface area contributed by atoms with Gasteiger partial charge in [0.15, 0.2) is 0 Å². The summed E-state index contributed by atoms with van der Waals surface area (Å²) in [5.74, 6) is 0.00358. The molecule has 0 radical (unpaired) electrons. The van der Waals surface area contributed by atoms with E-state index in [1.54, 1.807) is 6.07 Å². The number of carbonyl (C=O) groups excluding carboxylic acids is 1. The molecule has 2 N–H and O–H groups in total. The molecular formula is C25H26F3N5O. The van der Waals surface area contributed by atoms with Gasteiger partial charge in [-0.3, -0.25) is 9.69 Å². The third kappa shape index (κ3) is 3.93. The van der Waals surface area contributed by atoms with Gasteiger partial charge < -0.3 is 15.5 Å². The van der Waals surface area contributed by atoms with Crippen LogP contribution in [0.25, 0.3) is 0 Å². The molecule has 1 aliphatic carbocycles. The number of anilines is 2. The van der Waals surface area contributed by atoms with Gasteiger partial charge in [-0.1, -0.05) is 18.7 Å². The van der Waals surface area contributed by atoms with E-state index < -0.39 is 22.8 Å². The van der Waals surface area contributed by atoms with Crippen LogP contribution in [-0.2, 0) is 17.5 Å². The van der Waals surface area contributed by atoms with Gasteiger partial charge in [0.25, 0.3) is 5.91 Å². The number of nitrogens with zero attached hydrogens (tertiary/aromatic N) is 4. The van der Waals surface area contributed by atoms with Crippen LogP contribution in [0.4, 0.5) is 24.5 Å². The van der Waals surface area contributed by atoms with Crippen molar-refractivity contribution in [3.05, 3.63) is 71.6 Å². The second-order valence-corrected chi connectivity index (χ2v) is 8.81. The van der Waals surface area contributed by atoms with Crippen LogP contribution >= 0.6 is 0 Å². The van der Waals surface area contributed by atoms with Gasteiger partial charge in [-0.15, -0.1) is 0 Å². The maximum Gasteiger partial charge on any atom is 0.417 e. The quantitative estimate of drug-likeness (QED) is 0.686. The molecule has 0 atom stereocenters. The van der Waals surface area contributed by atoms with Gasteiger partial charge in [-0.05, 0) is 62.2 Å². The highest BCUT2D eigenvalue weighted by Gasteiger charge is 2.58. The van der Waals surface area contributed by atoms with E-state index in [0.29, 0.717) is 25.2 Å². The van der Waals surface area contributed by atoms with Crippen LogP contribution < -0.4 is 15.5 Å². The number of nitrogens with two attached hydrogens (primary N) is 1. The van der Waals surface area contributed by atoms with E-state index in [1.807, 2.05) is 36.2 Å². The highest BCUT2D eigenvalue weighted by molar-refractivity contribution is 6.10. The minimum Gasteiger partial charge on any atom is -0.329 e. The summed E-state index contributed by atoms with van der Waals surface area (Å²) in [7, 11) is 1.98. The zero-order valence-electron chi connectivity index (χ0n) is 18.9. The Morgan fingerprint density at radius 3 is 2.35 bits per heavy atom. The third-order valence-corrected chi connectivity index (χ3v) is 6.57. The van der Waals surface area contributed by atoms with Gasteiger partial charge in [0.2, 0.25) is 0 Å². The Labute approximate surface area is 196 Å². The number of hydrogen-bond acceptors (Lipinski definition) is 5. The highest BCUT2D eigenvalue weighted by Crippen LogP contribution is 2.50. The van der Waals surface area contributed by atoms with Crippen molar-refractivity contribution in [1.82, 2.24) is 4.90 Å². The molecule has 6 nitrogen and oxygen atoms in total. The summed E-state index contributed by atoms with van der Waals surface area (Å²) in [6.45, 7) is 6.14. The first kappa shape index (κ1) is 23.8. The van der Waals surface area contributed by atoms with Crippen LogP contribution in [-0.4, -0.2) is 36.5 Å². The first-order valence-electron chi connectivity index (χ1n) is 11.0. The lowest BCUT2D eigenvalue weighted by Crippen LogP contribution is -2.54. The van der Waals surface area contributed by atoms with Gasteiger partial charge >= 0.3 is 6.18 Å². The molecule has 1 spiro atoms. The average Bonchev–Trinajstić information content (AvgIpc) is 3.00. The molecule has 2 fully saturated rings. The predicted molar refractivity (Wildman–Crippen MR) is 124 cm³/mol. The van der Waals surface area contributed by atoms with Crippen molar-refractivity contribution >= 4 is 17.3 Å². The van der Waals surface area contributed by atoms with Crippen molar-refractivity contribution in [2.75, 3.05) is 29.9 Å². The maximum atomic E-state index is 13.6. The first-order chi connectivity index (χ1) is 16.1. The standard InChI is InChI=1S/C25H26F3N5O/c1-17-32(21-9-6-19(15-30)22(14-21)25(26,27)28)23(34)24(10-3-11-24)33(17)20-7-4-18(5-8-20)16-31(2)13-12-29/h4-9,14H,1,3,10-13,16,29H2,2H3. The number of hydrogen-bond donors (Lipinski definition) is 1. The van der Waals surface area contributed by atoms with Crippen LogP contribution in [0, 0.1) is 11.3 Å². The SMILES string of the molecule is C=C1N(c2ccc(C#N)c(C(F)(F)F)c2)C(=O)C2(CCC2)N1c1ccc(CN(C)CCN)cc1. The normalized spacial score (nSPS) is 17.4. The number of amides is 1. The number of nitriles is 1. The van der Waals surface area contributed by atoms with E-state index in [9.17, 15) is 18.0 Å². The fraction of sp³-hybridized carbons (Fsp3) is 0.360. The smallest absolute Gasteiger partial charge is 0.329 e. The summed E-state index contributed by atoms with van der Waals surface area (Å²) < 4.78 is 40.6. The number of rotatable bonds is 6. The van der Waals surface area contributed by atoms with Crippen LogP contribution in [0.5, 0.6) is 0 Å². The van der Waals surface area contributed by atoms with Crippen molar-refractivity contribution in [3.63, 3.8) is 0 Å². The fourth-order valence-corrected chi connectivity index (χ4v) is 4.74. The molecule has 0 bridgehead atoms. The van der Waals surface area contributed by atoms with E-state index in [0.717, 1.165) is 42.9 Å². The highest BCUT2D eigenvalue weighted by atomic mass is 19.4. The number of carbonyl (C=O) groups is 1. The molecule has 1 aliphatic heterocycles. The number of benzene rings is 2. The van der Waals surface area contributed by atoms with Crippen LogP contribution in [0.3, 0.4) is 0 Å². The molecule has 1 amide bonds. The fourth-order valence-electron chi connectivity index (χ4n) is 4.74. The van der Waals surface area contributed by atoms with Crippen LogP contribution in [0.1, 0.15) is 36.0 Å². The molecule has 0 aromatic heterocycles. The van der Waals surface area contributed by atoms with E-state index in [2.05, 4.69) is 11.5 Å². The monoisotopic (exact) mass is 469 g/mol. The Balaban J connectivity index is 1.69. The zero-order valence-corrected chi connectivity index (χ0v) is 18.9. The van der Waals surface area contributed by atoms with Gasteiger partial charge in [0.05, 0.1) is 22.9 Å². The minimum atomic E-state index is -4.72. The Hall–Kier alpha value is -3.35. The number of alkyl halides is 3. The molecule has 1 heterocycles. The molecule has 34 heavy (non-hydrogen) atoms. The van der Waals surface area contributed by atoms with Crippen LogP contribution in [0.2, 0.25) is 0 Å². The number of likely N-dealkylation sites (N-methyl/N-ethyl adjacent to an activating group) is 1. The molecule has 2 aromatic rings. The lowest BCUT2D eigenvalue weighted by molar-refractivity contribution is -0.137. The molecule has 4 rings (SSSR count). The Kier molecular flexibility index (Phi) is 6.14. The lowest BCUT2D eigenvalue weighted by Gasteiger charge is -2.43. The van der Waals surface area contributed by atoms with Crippen LogP contribution in [0.15, 0.2) is 54.9 Å². The molecule has 1 saturated carbocycles. The van der Waals surface area contributed by atoms with Gasteiger partial charge in [0.1, 0.15) is 11.4 Å². The largest absolute Gasteiger partial charge is 0.417 e. The summed E-state index contributed by atoms with van der Waals surface area (Å²) >= 11 is 0. The summed E-state index contributed by atoms with van der Waals surface area (Å²) in [5, 5.41) is 9.10. The van der Waals surface area contributed by atoms with Crippen molar-refractivity contribution in [2.24, 2.45) is 5.73 Å². The van der Waals surface area contributed by atoms with Crippen molar-refractivity contribution in [2.45, 2.75) is 37.5 Å². The maximum absolute atomic E-state index is 13.6.